The Labute approximate surface area is 219 Å². The summed E-state index contributed by atoms with van der Waals surface area (Å²) in [6.07, 6.45) is 10.7. The van der Waals surface area contributed by atoms with Gasteiger partial charge >= 0.3 is 0 Å². The number of rotatable bonds is 14. The zero-order valence-corrected chi connectivity index (χ0v) is 21.6. The number of carbonyl (C=O) groups is 2. The molecule has 0 fully saturated rings. The van der Waals surface area contributed by atoms with E-state index in [4.69, 9.17) is 0 Å². The molecule has 37 heavy (non-hydrogen) atoms. The maximum atomic E-state index is 13.2. The molecule has 0 aliphatic heterocycles. The van der Waals surface area contributed by atoms with Crippen LogP contribution in [0.25, 0.3) is 0 Å². The Balaban J connectivity index is 1.67. The van der Waals surface area contributed by atoms with Gasteiger partial charge in [-0.1, -0.05) is 50.1 Å². The fourth-order valence-corrected chi connectivity index (χ4v) is 4.39. The summed E-state index contributed by atoms with van der Waals surface area (Å²) >= 11 is 1.26. The molecule has 0 saturated heterocycles. The average Bonchev–Trinajstić information content (AvgIpc) is 2.90. The largest absolute Gasteiger partial charge is 0.355 e. The van der Waals surface area contributed by atoms with Crippen LogP contribution in [0.3, 0.4) is 0 Å². The number of hydrogen-bond acceptors (Lipinski definition) is 7. The lowest BCUT2D eigenvalue weighted by Crippen LogP contribution is -2.39. The zero-order chi connectivity index (χ0) is 26.5. The summed E-state index contributed by atoms with van der Waals surface area (Å²) in [4.78, 5) is 49.6. The first kappa shape index (κ1) is 28.0. The second-order valence-corrected chi connectivity index (χ2v) is 9.45. The number of amides is 2. The number of benzene rings is 1. The van der Waals surface area contributed by atoms with Gasteiger partial charge in [-0.25, -0.2) is 14.4 Å². The van der Waals surface area contributed by atoms with Crippen LogP contribution in [0.15, 0.2) is 59.1 Å². The lowest BCUT2D eigenvalue weighted by atomic mass is 10.1. The Morgan fingerprint density at radius 2 is 1.76 bits per heavy atom. The van der Waals surface area contributed by atoms with Crippen molar-refractivity contribution < 1.29 is 14.0 Å². The quantitative estimate of drug-likeness (QED) is 0.188. The van der Waals surface area contributed by atoms with Crippen LogP contribution < -0.4 is 16.2 Å². The van der Waals surface area contributed by atoms with Gasteiger partial charge in [-0.2, -0.15) is 4.98 Å². The highest BCUT2D eigenvalue weighted by atomic mass is 32.2. The summed E-state index contributed by atoms with van der Waals surface area (Å²) in [5, 5.41) is 5.77. The van der Waals surface area contributed by atoms with Gasteiger partial charge in [-0.05, 0) is 29.7 Å². The molecule has 3 rings (SSSR count). The molecule has 0 aliphatic carbocycles. The summed E-state index contributed by atoms with van der Waals surface area (Å²) in [5.74, 6) is -0.539. The number of halogens is 1. The molecule has 1 aromatic carbocycles. The Hall–Kier alpha value is -3.60. The number of unbranched alkanes of at least 4 members (excludes halogenated alkanes) is 3. The van der Waals surface area contributed by atoms with E-state index < -0.39 is 5.56 Å². The van der Waals surface area contributed by atoms with Crippen molar-refractivity contribution in [3.8, 4) is 0 Å². The van der Waals surface area contributed by atoms with E-state index in [2.05, 4.69) is 32.5 Å². The molecule has 196 valence electrons. The number of aromatic nitrogens is 4. The molecule has 0 unspecified atom stereocenters. The first-order valence-electron chi connectivity index (χ1n) is 12.2. The van der Waals surface area contributed by atoms with Crippen molar-refractivity contribution in [3.63, 3.8) is 0 Å². The summed E-state index contributed by atoms with van der Waals surface area (Å²) < 4.78 is 14.8. The van der Waals surface area contributed by atoms with Crippen molar-refractivity contribution >= 4 is 23.6 Å². The minimum Gasteiger partial charge on any atom is -0.355 e. The van der Waals surface area contributed by atoms with Crippen molar-refractivity contribution in [2.75, 3.05) is 13.1 Å². The molecule has 0 bridgehead atoms. The van der Waals surface area contributed by atoms with Crippen LogP contribution in [-0.4, -0.2) is 44.4 Å². The average molecular weight is 527 g/mol. The highest BCUT2D eigenvalue weighted by molar-refractivity contribution is 7.98. The molecule has 11 heteroatoms. The van der Waals surface area contributed by atoms with Gasteiger partial charge in [0.25, 0.3) is 5.56 Å². The van der Waals surface area contributed by atoms with E-state index in [0.717, 1.165) is 36.8 Å². The van der Waals surface area contributed by atoms with Crippen LogP contribution in [0, 0.1) is 5.82 Å². The van der Waals surface area contributed by atoms with Crippen molar-refractivity contribution in [1.29, 1.82) is 0 Å². The van der Waals surface area contributed by atoms with E-state index in [1.807, 2.05) is 0 Å². The molecule has 2 heterocycles. The standard InChI is InChI=1S/C26H31FN6O3S/c1-2-3-4-5-10-30-23(34)14-31-24(35)16-33-15-21(11-20-12-28-18-29-13-20)25(36)32-26(33)37-17-19-6-8-22(27)9-7-19/h6-9,12-13,15,18H,2-5,10-11,14,16-17H2,1H3,(H,30,34)(H,31,35). The maximum absolute atomic E-state index is 13.2. The number of thioether (sulfide) groups is 1. The zero-order valence-electron chi connectivity index (χ0n) is 20.8. The first-order chi connectivity index (χ1) is 17.9. The smallest absolute Gasteiger partial charge is 0.277 e. The predicted molar refractivity (Wildman–Crippen MR) is 139 cm³/mol. The van der Waals surface area contributed by atoms with Gasteiger partial charge in [0.1, 0.15) is 18.7 Å². The highest BCUT2D eigenvalue weighted by Crippen LogP contribution is 2.21. The van der Waals surface area contributed by atoms with Crippen LogP contribution in [0.4, 0.5) is 4.39 Å². The molecule has 0 atom stereocenters. The molecule has 0 saturated carbocycles. The Kier molecular flexibility index (Phi) is 11.2. The minimum absolute atomic E-state index is 0.124. The number of nitrogens with one attached hydrogen (secondary N) is 2. The van der Waals surface area contributed by atoms with Crippen LogP contribution >= 0.6 is 11.8 Å². The highest BCUT2D eigenvalue weighted by Gasteiger charge is 2.14. The van der Waals surface area contributed by atoms with E-state index >= 15 is 0 Å². The molecular formula is C26H31FN6O3S. The fourth-order valence-electron chi connectivity index (χ4n) is 3.47. The van der Waals surface area contributed by atoms with Gasteiger partial charge in [0, 0.05) is 42.9 Å². The maximum Gasteiger partial charge on any atom is 0.277 e. The molecule has 9 nitrogen and oxygen atoms in total. The van der Waals surface area contributed by atoms with Gasteiger partial charge < -0.3 is 15.2 Å². The third kappa shape index (κ3) is 9.76. The van der Waals surface area contributed by atoms with E-state index in [9.17, 15) is 18.8 Å². The van der Waals surface area contributed by atoms with Crippen LogP contribution in [0.5, 0.6) is 0 Å². The molecule has 2 aromatic heterocycles. The third-order valence-corrected chi connectivity index (χ3v) is 6.49. The fraction of sp³-hybridized carbons (Fsp3) is 0.385. The van der Waals surface area contributed by atoms with E-state index in [0.29, 0.717) is 23.0 Å². The summed E-state index contributed by atoms with van der Waals surface area (Å²) in [6.45, 7) is 2.45. The molecule has 0 spiro atoms. The molecule has 2 N–H and O–H groups in total. The molecule has 2 amide bonds. The van der Waals surface area contributed by atoms with Crippen molar-refractivity contribution in [2.24, 2.45) is 0 Å². The molecule has 0 radical (unpaired) electrons. The second-order valence-electron chi connectivity index (χ2n) is 8.51. The van der Waals surface area contributed by atoms with E-state index in [1.54, 1.807) is 35.3 Å². The van der Waals surface area contributed by atoms with Crippen LogP contribution in [0.1, 0.15) is 49.3 Å². The summed E-state index contributed by atoms with van der Waals surface area (Å²) in [6, 6.07) is 6.04. The SMILES string of the molecule is CCCCCCNC(=O)CNC(=O)Cn1cc(Cc2cncnc2)c(=O)nc1SCc1ccc(F)cc1. The summed E-state index contributed by atoms with van der Waals surface area (Å²) in [7, 11) is 0. The number of carbonyl (C=O) groups excluding carboxylic acids is 2. The first-order valence-corrected chi connectivity index (χ1v) is 13.2. The van der Waals surface area contributed by atoms with Crippen LogP contribution in [0.2, 0.25) is 0 Å². The van der Waals surface area contributed by atoms with Crippen molar-refractivity contribution in [3.05, 3.63) is 82.0 Å². The minimum atomic E-state index is -0.412. The van der Waals surface area contributed by atoms with E-state index in [1.165, 1.54) is 30.2 Å². The molecule has 0 aliphatic rings. The number of hydrogen-bond donors (Lipinski definition) is 2. The van der Waals surface area contributed by atoms with Gasteiger partial charge in [0.15, 0.2) is 5.16 Å². The normalized spacial score (nSPS) is 10.8. The summed E-state index contributed by atoms with van der Waals surface area (Å²) in [5.41, 5.74) is 1.56. The Morgan fingerprint density at radius 3 is 2.49 bits per heavy atom. The monoisotopic (exact) mass is 526 g/mol. The Bertz CT molecular complexity index is 1220. The van der Waals surface area contributed by atoms with E-state index in [-0.39, 0.29) is 37.1 Å². The topological polar surface area (TPSA) is 119 Å². The molecular weight excluding hydrogens is 495 g/mol. The lowest BCUT2D eigenvalue weighted by molar-refractivity contribution is -0.126. The van der Waals surface area contributed by atoms with Crippen molar-refractivity contribution in [2.45, 2.75) is 56.5 Å². The van der Waals surface area contributed by atoms with Gasteiger partial charge in [0.2, 0.25) is 11.8 Å². The van der Waals surface area contributed by atoms with Gasteiger partial charge in [-0.3, -0.25) is 14.4 Å². The second kappa shape index (κ2) is 14.8. The van der Waals surface area contributed by atoms with Crippen molar-refractivity contribution in [1.82, 2.24) is 30.2 Å². The number of nitrogens with zero attached hydrogens (tertiary/aromatic N) is 4. The molecule has 3 aromatic rings. The van der Waals surface area contributed by atoms with Crippen LogP contribution in [-0.2, 0) is 28.3 Å². The van der Waals surface area contributed by atoms with Gasteiger partial charge in [0.05, 0.1) is 6.54 Å². The Morgan fingerprint density at radius 1 is 1.00 bits per heavy atom. The third-order valence-electron chi connectivity index (χ3n) is 5.43. The lowest BCUT2D eigenvalue weighted by Gasteiger charge is -2.14. The predicted octanol–water partition coefficient (Wildman–Crippen LogP) is 2.87. The van der Waals surface area contributed by atoms with Gasteiger partial charge in [-0.15, -0.1) is 0 Å².